The molecule has 2 aromatic rings. The van der Waals surface area contributed by atoms with E-state index < -0.39 is 0 Å². The second-order valence-electron chi connectivity index (χ2n) is 6.31. The fraction of sp³-hybridized carbons (Fsp3) is 0.471. The largest absolute Gasteiger partial charge is 0.330 e. The zero-order valence-corrected chi connectivity index (χ0v) is 15.7. The lowest BCUT2D eigenvalue weighted by Gasteiger charge is -2.35. The minimum absolute atomic E-state index is 0. The van der Waals surface area contributed by atoms with E-state index in [1.165, 1.54) is 6.42 Å². The molecule has 0 radical (unpaired) electrons. The Balaban J connectivity index is 0.00000156. The third-order valence-corrected chi connectivity index (χ3v) is 4.66. The molecule has 0 saturated heterocycles. The molecule has 1 saturated carbocycles. The van der Waals surface area contributed by atoms with Crippen molar-refractivity contribution in [1.82, 2.24) is 14.8 Å². The maximum absolute atomic E-state index is 12.5. The molecule has 1 aliphatic carbocycles. The maximum atomic E-state index is 12.5. The van der Waals surface area contributed by atoms with Gasteiger partial charge < -0.3 is 11.1 Å². The summed E-state index contributed by atoms with van der Waals surface area (Å²) in [6.45, 7) is 0.569. The van der Waals surface area contributed by atoms with Crippen molar-refractivity contribution in [2.45, 2.75) is 38.5 Å². The normalized spacial score (nSPS) is 15.6. The molecular weight excluding hydrogens is 361 g/mol. The van der Waals surface area contributed by atoms with Crippen molar-refractivity contribution in [3.8, 4) is 5.82 Å². The summed E-state index contributed by atoms with van der Waals surface area (Å²) in [5, 5.41) is 7.17. The zero-order chi connectivity index (χ0) is 16.1. The van der Waals surface area contributed by atoms with Crippen LogP contribution in [0, 0.1) is 5.41 Å². The number of aromatic nitrogens is 3. The molecule has 0 aromatic carbocycles. The van der Waals surface area contributed by atoms with Crippen LogP contribution in [0.2, 0.25) is 0 Å². The fourth-order valence-electron chi connectivity index (χ4n) is 3.36. The van der Waals surface area contributed by atoms with Crippen molar-refractivity contribution in [3.63, 3.8) is 0 Å². The van der Waals surface area contributed by atoms with Gasteiger partial charge in [0, 0.05) is 25.0 Å². The number of anilines is 1. The van der Waals surface area contributed by atoms with Gasteiger partial charge in [-0.05, 0) is 43.0 Å². The molecule has 2 heterocycles. The Kier molecular flexibility index (Phi) is 8.35. The van der Waals surface area contributed by atoms with Crippen LogP contribution in [0.15, 0.2) is 36.8 Å². The molecular formula is C17H25Cl2N5O. The van der Waals surface area contributed by atoms with Gasteiger partial charge in [-0.3, -0.25) is 4.79 Å². The molecule has 0 unspecified atom stereocenters. The van der Waals surface area contributed by atoms with Gasteiger partial charge in [0.2, 0.25) is 5.91 Å². The summed E-state index contributed by atoms with van der Waals surface area (Å²) in [5.74, 6) is 0.620. The highest BCUT2D eigenvalue weighted by Gasteiger charge is 2.33. The number of carbonyl (C=O) groups is 1. The highest BCUT2D eigenvalue weighted by atomic mass is 35.5. The molecule has 1 aliphatic rings. The summed E-state index contributed by atoms with van der Waals surface area (Å²) in [6.07, 6.45) is 11.3. The number of rotatable bonds is 5. The highest BCUT2D eigenvalue weighted by Crippen LogP contribution is 2.38. The zero-order valence-electron chi connectivity index (χ0n) is 14.1. The molecule has 6 nitrogen and oxygen atoms in total. The third kappa shape index (κ3) is 5.17. The summed E-state index contributed by atoms with van der Waals surface area (Å²) >= 11 is 0. The van der Waals surface area contributed by atoms with E-state index in [0.717, 1.165) is 25.7 Å². The minimum atomic E-state index is -0.0452. The lowest BCUT2D eigenvalue weighted by Crippen LogP contribution is -2.36. The number of halogens is 2. The monoisotopic (exact) mass is 385 g/mol. The second kappa shape index (κ2) is 9.75. The van der Waals surface area contributed by atoms with Gasteiger partial charge in [-0.15, -0.1) is 24.8 Å². The fourth-order valence-corrected chi connectivity index (χ4v) is 3.36. The van der Waals surface area contributed by atoms with Crippen LogP contribution >= 0.6 is 24.8 Å². The Morgan fingerprint density at radius 3 is 2.60 bits per heavy atom. The van der Waals surface area contributed by atoms with E-state index >= 15 is 0 Å². The van der Waals surface area contributed by atoms with Gasteiger partial charge in [-0.2, -0.15) is 5.10 Å². The summed E-state index contributed by atoms with van der Waals surface area (Å²) in [6, 6.07) is 5.48. The quantitative estimate of drug-likeness (QED) is 0.825. The van der Waals surface area contributed by atoms with E-state index in [2.05, 4.69) is 15.4 Å². The number of hydrogen-bond acceptors (Lipinski definition) is 4. The summed E-state index contributed by atoms with van der Waals surface area (Å²) in [4.78, 5) is 16.9. The molecule has 1 amide bonds. The Hall–Kier alpha value is -1.63. The van der Waals surface area contributed by atoms with E-state index in [1.807, 2.05) is 18.2 Å². The first-order valence-corrected chi connectivity index (χ1v) is 8.17. The van der Waals surface area contributed by atoms with Crippen molar-refractivity contribution < 1.29 is 4.79 Å². The SMILES string of the molecule is Cl.Cl.NCC1(CC(=O)Nc2cccnc2-n2cccn2)CCCCC1. The Labute approximate surface area is 160 Å². The topological polar surface area (TPSA) is 85.8 Å². The van der Waals surface area contributed by atoms with E-state index in [0.29, 0.717) is 24.5 Å². The van der Waals surface area contributed by atoms with Crippen LogP contribution in [0.4, 0.5) is 5.69 Å². The van der Waals surface area contributed by atoms with Gasteiger partial charge in [0.1, 0.15) is 0 Å². The number of pyridine rings is 1. The Bertz CT molecular complexity index is 657. The second-order valence-corrected chi connectivity index (χ2v) is 6.31. The van der Waals surface area contributed by atoms with Gasteiger partial charge in [0.05, 0.1) is 5.69 Å². The van der Waals surface area contributed by atoms with Gasteiger partial charge in [-0.25, -0.2) is 9.67 Å². The first kappa shape index (κ1) is 21.4. The van der Waals surface area contributed by atoms with Crippen LogP contribution in [0.5, 0.6) is 0 Å². The molecule has 0 bridgehead atoms. The highest BCUT2D eigenvalue weighted by molar-refractivity contribution is 5.92. The average Bonchev–Trinajstić information content (AvgIpc) is 3.10. The number of nitrogens with zero attached hydrogens (tertiary/aromatic N) is 3. The lowest BCUT2D eigenvalue weighted by atomic mass is 9.71. The third-order valence-electron chi connectivity index (χ3n) is 4.66. The van der Waals surface area contributed by atoms with Gasteiger partial charge in [0.15, 0.2) is 5.82 Å². The van der Waals surface area contributed by atoms with E-state index in [4.69, 9.17) is 5.73 Å². The van der Waals surface area contributed by atoms with Gasteiger partial charge in [0.25, 0.3) is 0 Å². The molecule has 0 spiro atoms. The molecule has 25 heavy (non-hydrogen) atoms. The predicted octanol–water partition coefficient (Wildman–Crippen LogP) is 3.35. The number of amides is 1. The van der Waals surface area contributed by atoms with Crippen LogP contribution in [0.1, 0.15) is 38.5 Å². The number of carbonyl (C=O) groups excluding carboxylic acids is 1. The van der Waals surface area contributed by atoms with Crippen LogP contribution in [0.3, 0.4) is 0 Å². The Morgan fingerprint density at radius 1 is 1.20 bits per heavy atom. The van der Waals surface area contributed by atoms with Crippen molar-refractivity contribution in [1.29, 1.82) is 0 Å². The molecule has 8 heteroatoms. The molecule has 3 N–H and O–H groups in total. The maximum Gasteiger partial charge on any atom is 0.225 e. The van der Waals surface area contributed by atoms with Crippen molar-refractivity contribution in [2.75, 3.05) is 11.9 Å². The molecule has 0 atom stereocenters. The molecule has 138 valence electrons. The smallest absolute Gasteiger partial charge is 0.225 e. The lowest BCUT2D eigenvalue weighted by molar-refractivity contribution is -0.118. The van der Waals surface area contributed by atoms with Crippen LogP contribution < -0.4 is 11.1 Å². The minimum Gasteiger partial charge on any atom is -0.330 e. The molecule has 2 aromatic heterocycles. The molecule has 3 rings (SSSR count). The van der Waals surface area contributed by atoms with Crippen LogP contribution in [-0.2, 0) is 4.79 Å². The van der Waals surface area contributed by atoms with Crippen molar-refractivity contribution in [3.05, 3.63) is 36.8 Å². The summed E-state index contributed by atoms with van der Waals surface area (Å²) in [7, 11) is 0. The first-order valence-electron chi connectivity index (χ1n) is 8.17. The number of nitrogens with one attached hydrogen (secondary N) is 1. The van der Waals surface area contributed by atoms with E-state index in [-0.39, 0.29) is 36.1 Å². The number of nitrogens with two attached hydrogens (primary N) is 1. The standard InChI is InChI=1S/C17H23N5O.2ClH/c18-13-17(7-2-1-3-8-17)12-15(23)21-14-6-4-9-19-16(14)22-11-5-10-20-22;;/h4-6,9-11H,1-3,7-8,12-13,18H2,(H,21,23);2*1H. The Morgan fingerprint density at radius 2 is 1.96 bits per heavy atom. The molecule has 1 fully saturated rings. The first-order chi connectivity index (χ1) is 11.2. The summed E-state index contributed by atoms with van der Waals surface area (Å²) < 4.78 is 1.65. The van der Waals surface area contributed by atoms with Crippen LogP contribution in [0.25, 0.3) is 5.82 Å². The molecule has 0 aliphatic heterocycles. The van der Waals surface area contributed by atoms with Crippen LogP contribution in [-0.4, -0.2) is 27.2 Å². The summed E-state index contributed by atoms with van der Waals surface area (Å²) in [5.41, 5.74) is 6.61. The van der Waals surface area contributed by atoms with Crippen molar-refractivity contribution in [2.24, 2.45) is 11.1 Å². The van der Waals surface area contributed by atoms with Gasteiger partial charge in [-0.1, -0.05) is 19.3 Å². The van der Waals surface area contributed by atoms with E-state index in [9.17, 15) is 4.79 Å². The number of hydrogen-bond donors (Lipinski definition) is 2. The predicted molar refractivity (Wildman–Crippen MR) is 104 cm³/mol. The van der Waals surface area contributed by atoms with Gasteiger partial charge >= 0.3 is 0 Å². The average molecular weight is 386 g/mol. The van der Waals surface area contributed by atoms with E-state index in [1.54, 1.807) is 23.3 Å². The van der Waals surface area contributed by atoms with Crippen molar-refractivity contribution >= 4 is 36.4 Å².